The molecule has 0 bridgehead atoms. The van der Waals surface area contributed by atoms with Gasteiger partial charge in [-0.25, -0.2) is 32.0 Å². The number of benzene rings is 2. The first-order chi connectivity index (χ1) is 17.9. The average molecular weight is 582 g/mol. The van der Waals surface area contributed by atoms with Crippen LogP contribution in [0.3, 0.4) is 0 Å². The number of fused-ring (bicyclic) bond motifs is 1. The van der Waals surface area contributed by atoms with Crippen LogP contribution in [-0.2, 0) is 27.8 Å². The van der Waals surface area contributed by atoms with Crippen molar-refractivity contribution in [2.45, 2.75) is 25.8 Å². The Hall–Kier alpha value is -3.78. The molecule has 2 aromatic carbocycles. The van der Waals surface area contributed by atoms with E-state index in [0.717, 1.165) is 21.3 Å². The first-order valence-electron chi connectivity index (χ1n) is 11.5. The Balaban J connectivity index is 0.00000420. The summed E-state index contributed by atoms with van der Waals surface area (Å²) in [6.07, 6.45) is 1.46. The summed E-state index contributed by atoms with van der Waals surface area (Å²) in [4.78, 5) is 31.4. The van der Waals surface area contributed by atoms with E-state index >= 15 is 0 Å². The van der Waals surface area contributed by atoms with Crippen LogP contribution >= 0.6 is 13.5 Å². The van der Waals surface area contributed by atoms with Crippen molar-refractivity contribution in [1.29, 1.82) is 0 Å². The monoisotopic (exact) mass is 581 g/mol. The van der Waals surface area contributed by atoms with Crippen molar-refractivity contribution in [2.75, 3.05) is 22.8 Å². The van der Waals surface area contributed by atoms with Gasteiger partial charge in [-0.15, -0.1) is 0 Å². The summed E-state index contributed by atoms with van der Waals surface area (Å²) in [7, 11) is -3.02. The number of carbonyl (C=O) groups excluding carboxylic acids is 2. The molecule has 0 saturated heterocycles. The molecule has 0 fully saturated rings. The van der Waals surface area contributed by atoms with Crippen LogP contribution in [0.2, 0.25) is 0 Å². The normalized spacial score (nSPS) is 13.2. The van der Waals surface area contributed by atoms with E-state index in [0.29, 0.717) is 23.7 Å². The predicted molar refractivity (Wildman–Crippen MR) is 145 cm³/mol. The molecule has 1 aromatic heterocycles. The van der Waals surface area contributed by atoms with Gasteiger partial charge in [0, 0.05) is 38.0 Å². The molecule has 2 heterocycles. The van der Waals surface area contributed by atoms with Crippen molar-refractivity contribution >= 4 is 47.1 Å². The Morgan fingerprint density at radius 2 is 1.79 bits per heavy atom. The summed E-state index contributed by atoms with van der Waals surface area (Å²) in [6, 6.07) is 7.29. The largest absolute Gasteiger partial charge is 0.330 e. The molecule has 3 aromatic rings. The highest BCUT2D eigenvalue weighted by atomic mass is 32.2. The van der Waals surface area contributed by atoms with E-state index < -0.39 is 45.6 Å². The number of urea groups is 1. The van der Waals surface area contributed by atoms with Gasteiger partial charge in [0.05, 0.1) is 0 Å². The van der Waals surface area contributed by atoms with Gasteiger partial charge in [0.2, 0.25) is 5.91 Å². The molecule has 39 heavy (non-hydrogen) atoms. The van der Waals surface area contributed by atoms with Crippen molar-refractivity contribution < 1.29 is 31.2 Å². The summed E-state index contributed by atoms with van der Waals surface area (Å²) in [5.74, 6) is -2.81. The molecule has 208 valence electrons. The molecule has 1 aliphatic heterocycles. The highest BCUT2D eigenvalue weighted by Crippen LogP contribution is 2.26. The standard InChI is InChI=1S/C25H24F3N5O4S.H2S/c1-15-10-20(5-6-21(15)28)32(2)24(34)22(13-16-11-18(26)14-19(27)12-16)30-25(35)31-38(36,37)33-9-7-17-4-3-8-29-23(17)33;/h3-6,8,10-12,14,22H,7,9,13H2,1-2H3,(H2,30,31,35);1H2/t22-;/m0./s1. The zero-order chi connectivity index (χ0) is 27.6. The van der Waals surface area contributed by atoms with E-state index in [1.807, 2.05) is 4.72 Å². The Morgan fingerprint density at radius 1 is 1.10 bits per heavy atom. The van der Waals surface area contributed by atoms with E-state index in [-0.39, 0.29) is 43.4 Å². The Kier molecular flexibility index (Phi) is 9.12. The fraction of sp³-hybridized carbons (Fsp3) is 0.240. The zero-order valence-corrected chi connectivity index (χ0v) is 22.7. The van der Waals surface area contributed by atoms with Gasteiger partial charge in [-0.3, -0.25) is 4.79 Å². The first-order valence-corrected chi connectivity index (χ1v) is 12.9. The zero-order valence-electron chi connectivity index (χ0n) is 20.9. The van der Waals surface area contributed by atoms with E-state index in [4.69, 9.17) is 0 Å². The van der Waals surface area contributed by atoms with E-state index in [9.17, 15) is 31.2 Å². The molecule has 1 aliphatic rings. The maximum atomic E-state index is 13.8. The number of aryl methyl sites for hydroxylation is 1. The Bertz CT molecular complexity index is 1490. The fourth-order valence-corrected chi connectivity index (χ4v) is 5.26. The van der Waals surface area contributed by atoms with Gasteiger partial charge in [-0.2, -0.15) is 21.9 Å². The molecule has 9 nitrogen and oxygen atoms in total. The van der Waals surface area contributed by atoms with Crippen LogP contribution in [0.1, 0.15) is 16.7 Å². The number of carbonyl (C=O) groups is 2. The first kappa shape index (κ1) is 29.8. The SMILES string of the molecule is Cc1cc(N(C)C(=O)[C@H](Cc2cc(F)cc(F)c2)NC(=O)NS(=O)(=O)N2CCc3cccnc32)ccc1F.S. The molecule has 3 amide bonds. The Labute approximate surface area is 230 Å². The number of likely N-dealkylation sites (N-methyl/N-ethyl adjacent to an activating group) is 1. The third-order valence-electron chi connectivity index (χ3n) is 6.02. The molecule has 0 spiro atoms. The molecule has 1 atom stereocenters. The second-order valence-electron chi connectivity index (χ2n) is 8.75. The van der Waals surface area contributed by atoms with Gasteiger partial charge in [-0.05, 0) is 66.4 Å². The second kappa shape index (κ2) is 11.9. The van der Waals surface area contributed by atoms with Crippen molar-refractivity contribution in [2.24, 2.45) is 0 Å². The van der Waals surface area contributed by atoms with Gasteiger partial charge in [0.15, 0.2) is 0 Å². The number of anilines is 2. The molecule has 0 aliphatic carbocycles. The lowest BCUT2D eigenvalue weighted by atomic mass is 10.0. The van der Waals surface area contributed by atoms with Gasteiger partial charge >= 0.3 is 16.2 Å². The maximum absolute atomic E-state index is 13.8. The molecule has 4 rings (SSSR count). The maximum Gasteiger partial charge on any atom is 0.330 e. The summed E-state index contributed by atoms with van der Waals surface area (Å²) in [6.45, 7) is 1.57. The quantitative estimate of drug-likeness (QED) is 0.446. The summed E-state index contributed by atoms with van der Waals surface area (Å²) >= 11 is 0. The van der Waals surface area contributed by atoms with Gasteiger partial charge in [0.1, 0.15) is 29.3 Å². The summed E-state index contributed by atoms with van der Waals surface area (Å²) < 4.78 is 70.0. The third-order valence-corrected chi connectivity index (χ3v) is 7.40. The van der Waals surface area contributed by atoms with Gasteiger partial charge < -0.3 is 10.2 Å². The molecular formula is C25H26F3N5O4S2. The molecular weight excluding hydrogens is 555 g/mol. The fourth-order valence-electron chi connectivity index (χ4n) is 4.13. The number of halogens is 3. The number of nitrogens with zero attached hydrogens (tertiary/aromatic N) is 3. The number of amides is 3. The van der Waals surface area contributed by atoms with E-state index in [2.05, 4.69) is 10.3 Å². The molecule has 0 unspecified atom stereocenters. The van der Waals surface area contributed by atoms with Crippen molar-refractivity contribution in [3.63, 3.8) is 0 Å². The van der Waals surface area contributed by atoms with Crippen LogP contribution in [0.25, 0.3) is 0 Å². The molecule has 14 heteroatoms. The second-order valence-corrected chi connectivity index (χ2v) is 10.3. The van der Waals surface area contributed by atoms with Crippen LogP contribution in [0.4, 0.5) is 29.5 Å². The van der Waals surface area contributed by atoms with E-state index in [1.54, 1.807) is 12.1 Å². The molecule has 2 N–H and O–H groups in total. The van der Waals surface area contributed by atoms with Crippen LogP contribution in [-0.4, -0.2) is 45.0 Å². The lowest BCUT2D eigenvalue weighted by Gasteiger charge is -2.26. The average Bonchev–Trinajstić information content (AvgIpc) is 3.29. The number of pyridine rings is 1. The highest BCUT2D eigenvalue weighted by Gasteiger charge is 2.33. The minimum atomic E-state index is -4.39. The van der Waals surface area contributed by atoms with Crippen LogP contribution in [0.5, 0.6) is 0 Å². The van der Waals surface area contributed by atoms with Gasteiger partial charge in [0.25, 0.3) is 0 Å². The Morgan fingerprint density at radius 3 is 2.46 bits per heavy atom. The number of nitrogens with one attached hydrogen (secondary N) is 2. The molecule has 0 radical (unpaired) electrons. The smallest absolute Gasteiger partial charge is 0.325 e. The van der Waals surface area contributed by atoms with E-state index in [1.165, 1.54) is 38.4 Å². The molecule has 0 saturated carbocycles. The number of hydrogen-bond acceptors (Lipinski definition) is 5. The summed E-state index contributed by atoms with van der Waals surface area (Å²) in [5, 5.41) is 2.30. The predicted octanol–water partition coefficient (Wildman–Crippen LogP) is 3.10. The topological polar surface area (TPSA) is 112 Å². The minimum absolute atomic E-state index is 0. The minimum Gasteiger partial charge on any atom is -0.325 e. The number of rotatable bonds is 7. The highest BCUT2D eigenvalue weighted by molar-refractivity contribution is 7.91. The number of aromatic nitrogens is 1. The van der Waals surface area contributed by atoms with Gasteiger partial charge in [-0.1, -0.05) is 6.07 Å². The summed E-state index contributed by atoms with van der Waals surface area (Å²) in [5.41, 5.74) is 1.29. The number of hydrogen-bond donors (Lipinski definition) is 2. The van der Waals surface area contributed by atoms with Crippen molar-refractivity contribution in [1.82, 2.24) is 15.0 Å². The lowest BCUT2D eigenvalue weighted by molar-refractivity contribution is -0.120. The lowest BCUT2D eigenvalue weighted by Crippen LogP contribution is -2.54. The third kappa shape index (κ3) is 6.81. The van der Waals surface area contributed by atoms with Crippen LogP contribution < -0.4 is 19.2 Å². The van der Waals surface area contributed by atoms with Crippen molar-refractivity contribution in [3.8, 4) is 0 Å². The van der Waals surface area contributed by atoms with Crippen LogP contribution in [0, 0.1) is 24.4 Å². The van der Waals surface area contributed by atoms with Crippen LogP contribution in [0.15, 0.2) is 54.7 Å². The van der Waals surface area contributed by atoms with Crippen molar-refractivity contribution in [3.05, 3.63) is 88.9 Å².